The molecule has 1 aromatic rings. The molecule has 0 bridgehead atoms. The van der Waals surface area contributed by atoms with E-state index in [1.807, 2.05) is 0 Å². The Morgan fingerprint density at radius 1 is 1.22 bits per heavy atom. The topological polar surface area (TPSA) is 61.5 Å². The molecule has 3 unspecified atom stereocenters. The van der Waals surface area contributed by atoms with Crippen molar-refractivity contribution in [3.05, 3.63) is 35.9 Å². The van der Waals surface area contributed by atoms with Crippen molar-refractivity contribution in [1.29, 1.82) is 0 Å². The zero-order valence-corrected chi connectivity index (χ0v) is 14.0. The zero-order chi connectivity index (χ0) is 16.1. The van der Waals surface area contributed by atoms with Crippen LogP contribution in [0.15, 0.2) is 30.3 Å². The Morgan fingerprint density at radius 2 is 2.00 bits per heavy atom. The van der Waals surface area contributed by atoms with Gasteiger partial charge in [0.05, 0.1) is 6.10 Å². The maximum atomic E-state index is 10.3. The summed E-state index contributed by atoms with van der Waals surface area (Å²) in [6.07, 6.45) is 4.46. The van der Waals surface area contributed by atoms with E-state index < -0.39 is 0 Å². The number of nitrogens with two attached hydrogens (primary N) is 1. The average Bonchev–Trinajstić information content (AvgIpc) is 3.39. The van der Waals surface area contributed by atoms with E-state index >= 15 is 0 Å². The number of aliphatic hydroxyl groups is 1. The van der Waals surface area contributed by atoms with Crippen LogP contribution in [0.3, 0.4) is 0 Å². The predicted octanol–water partition coefficient (Wildman–Crippen LogP) is 1.59. The van der Waals surface area contributed by atoms with Crippen molar-refractivity contribution in [2.75, 3.05) is 26.2 Å². The van der Waals surface area contributed by atoms with Crippen LogP contribution < -0.4 is 11.1 Å². The van der Waals surface area contributed by atoms with E-state index in [9.17, 15) is 5.11 Å². The minimum absolute atomic E-state index is 0.0902. The number of hydrogen-bond donors (Lipinski definition) is 3. The van der Waals surface area contributed by atoms with Crippen LogP contribution in [0.5, 0.6) is 0 Å². The third kappa shape index (κ3) is 5.28. The average molecular weight is 317 g/mol. The number of piperidine rings is 1. The van der Waals surface area contributed by atoms with E-state index in [0.29, 0.717) is 24.4 Å². The quantitative estimate of drug-likeness (QED) is 0.681. The van der Waals surface area contributed by atoms with Crippen molar-refractivity contribution in [2.45, 2.75) is 44.4 Å². The van der Waals surface area contributed by atoms with Crippen LogP contribution in [0.4, 0.5) is 0 Å². The van der Waals surface area contributed by atoms with E-state index in [-0.39, 0.29) is 6.10 Å². The highest BCUT2D eigenvalue weighted by atomic mass is 16.3. The monoisotopic (exact) mass is 317 g/mol. The van der Waals surface area contributed by atoms with Crippen LogP contribution in [-0.2, 0) is 6.54 Å². The predicted molar refractivity (Wildman–Crippen MR) is 94.0 cm³/mol. The standard InChI is InChI=1S/C19H31N3O/c20-8-9-22-13-16(11-19(23)17-6-7-17)10-18(14-22)21-12-15-4-2-1-3-5-15/h1-5,16-19,21,23H,6-14,20H2. The third-order valence-electron chi connectivity index (χ3n) is 5.24. The molecule has 1 heterocycles. The molecule has 0 aromatic heterocycles. The molecule has 0 amide bonds. The molecule has 1 saturated heterocycles. The summed E-state index contributed by atoms with van der Waals surface area (Å²) in [5.41, 5.74) is 7.09. The lowest BCUT2D eigenvalue weighted by Crippen LogP contribution is -2.50. The molecule has 2 aliphatic rings. The van der Waals surface area contributed by atoms with Crippen molar-refractivity contribution in [3.8, 4) is 0 Å². The third-order valence-corrected chi connectivity index (χ3v) is 5.24. The molecule has 1 aliphatic heterocycles. The fourth-order valence-corrected chi connectivity index (χ4v) is 3.86. The SMILES string of the molecule is NCCN1CC(CC(O)C2CC2)CC(NCc2ccccc2)C1. The van der Waals surface area contributed by atoms with E-state index in [1.165, 1.54) is 18.4 Å². The van der Waals surface area contributed by atoms with Crippen LogP contribution in [0, 0.1) is 11.8 Å². The molecule has 4 heteroatoms. The Labute approximate surface area is 140 Å². The highest BCUT2D eigenvalue weighted by Crippen LogP contribution is 2.36. The van der Waals surface area contributed by atoms with E-state index in [1.54, 1.807) is 0 Å². The van der Waals surface area contributed by atoms with Crippen molar-refractivity contribution in [1.82, 2.24) is 10.2 Å². The summed E-state index contributed by atoms with van der Waals surface area (Å²) in [6, 6.07) is 11.1. The van der Waals surface area contributed by atoms with Gasteiger partial charge < -0.3 is 21.1 Å². The van der Waals surface area contributed by atoms with Crippen molar-refractivity contribution in [2.24, 2.45) is 17.6 Å². The normalized spacial score (nSPS) is 27.0. The molecule has 1 aliphatic carbocycles. The van der Waals surface area contributed by atoms with Crippen molar-refractivity contribution in [3.63, 3.8) is 0 Å². The Hall–Kier alpha value is -0.940. The van der Waals surface area contributed by atoms with Crippen LogP contribution in [-0.4, -0.2) is 48.3 Å². The van der Waals surface area contributed by atoms with E-state index in [2.05, 4.69) is 40.5 Å². The van der Waals surface area contributed by atoms with Gasteiger partial charge in [0.1, 0.15) is 0 Å². The number of nitrogens with one attached hydrogen (secondary N) is 1. The van der Waals surface area contributed by atoms with Crippen LogP contribution in [0.25, 0.3) is 0 Å². The molecule has 23 heavy (non-hydrogen) atoms. The van der Waals surface area contributed by atoms with E-state index in [4.69, 9.17) is 5.73 Å². The van der Waals surface area contributed by atoms with E-state index in [0.717, 1.165) is 39.0 Å². The zero-order valence-electron chi connectivity index (χ0n) is 14.0. The van der Waals surface area contributed by atoms with Gasteiger partial charge in [-0.25, -0.2) is 0 Å². The summed E-state index contributed by atoms with van der Waals surface area (Å²) in [5, 5.41) is 14.0. The molecule has 128 valence electrons. The van der Waals surface area contributed by atoms with Gasteiger partial charge in [0, 0.05) is 38.8 Å². The molecular formula is C19H31N3O. The van der Waals surface area contributed by atoms with Crippen LogP contribution in [0.1, 0.15) is 31.2 Å². The molecule has 3 rings (SSSR count). The summed E-state index contributed by atoms with van der Waals surface area (Å²) in [5.74, 6) is 1.16. The summed E-state index contributed by atoms with van der Waals surface area (Å²) >= 11 is 0. The Balaban J connectivity index is 1.52. The summed E-state index contributed by atoms with van der Waals surface area (Å²) < 4.78 is 0. The number of aliphatic hydroxyl groups excluding tert-OH is 1. The molecule has 0 spiro atoms. The first-order chi connectivity index (χ1) is 11.2. The minimum Gasteiger partial charge on any atom is -0.393 e. The van der Waals surface area contributed by atoms with Crippen molar-refractivity contribution < 1.29 is 5.11 Å². The number of rotatable bonds is 8. The van der Waals surface area contributed by atoms with Gasteiger partial charge in [-0.1, -0.05) is 30.3 Å². The summed E-state index contributed by atoms with van der Waals surface area (Å²) in [4.78, 5) is 2.47. The van der Waals surface area contributed by atoms with Gasteiger partial charge in [-0.2, -0.15) is 0 Å². The Morgan fingerprint density at radius 3 is 2.70 bits per heavy atom. The first-order valence-electron chi connectivity index (χ1n) is 9.12. The second kappa shape index (κ2) is 8.25. The Kier molecular flexibility index (Phi) is 6.06. The molecule has 4 N–H and O–H groups in total. The highest BCUT2D eigenvalue weighted by molar-refractivity contribution is 5.14. The maximum Gasteiger partial charge on any atom is 0.0571 e. The van der Waals surface area contributed by atoms with Gasteiger partial charge in [-0.3, -0.25) is 0 Å². The van der Waals surface area contributed by atoms with Crippen LogP contribution >= 0.6 is 0 Å². The molecular weight excluding hydrogens is 286 g/mol. The number of nitrogens with zero attached hydrogens (tertiary/aromatic N) is 1. The van der Waals surface area contributed by atoms with Crippen LogP contribution in [0.2, 0.25) is 0 Å². The fraction of sp³-hybridized carbons (Fsp3) is 0.684. The van der Waals surface area contributed by atoms with Gasteiger partial charge in [0.15, 0.2) is 0 Å². The van der Waals surface area contributed by atoms with Crippen molar-refractivity contribution >= 4 is 0 Å². The molecule has 3 atom stereocenters. The lowest BCUT2D eigenvalue weighted by molar-refractivity contribution is 0.0757. The molecule has 4 nitrogen and oxygen atoms in total. The van der Waals surface area contributed by atoms with Gasteiger partial charge in [-0.15, -0.1) is 0 Å². The number of likely N-dealkylation sites (tertiary alicyclic amines) is 1. The van der Waals surface area contributed by atoms with Gasteiger partial charge in [0.2, 0.25) is 0 Å². The molecule has 0 radical (unpaired) electrons. The first-order valence-corrected chi connectivity index (χ1v) is 9.12. The van der Waals surface area contributed by atoms with Gasteiger partial charge in [0.25, 0.3) is 0 Å². The maximum absolute atomic E-state index is 10.3. The number of benzene rings is 1. The second-order valence-electron chi connectivity index (χ2n) is 7.35. The Bertz CT molecular complexity index is 463. The lowest BCUT2D eigenvalue weighted by Gasteiger charge is -2.39. The molecule has 1 saturated carbocycles. The summed E-state index contributed by atoms with van der Waals surface area (Å²) in [6.45, 7) is 4.74. The smallest absolute Gasteiger partial charge is 0.0571 e. The highest BCUT2D eigenvalue weighted by Gasteiger charge is 2.34. The first kappa shape index (κ1) is 16.9. The fourth-order valence-electron chi connectivity index (χ4n) is 3.86. The molecule has 2 fully saturated rings. The lowest BCUT2D eigenvalue weighted by atomic mass is 9.88. The number of hydrogen-bond acceptors (Lipinski definition) is 4. The molecule has 1 aromatic carbocycles. The van der Waals surface area contributed by atoms with Gasteiger partial charge in [-0.05, 0) is 43.1 Å². The summed E-state index contributed by atoms with van der Waals surface area (Å²) in [7, 11) is 0. The van der Waals surface area contributed by atoms with Gasteiger partial charge >= 0.3 is 0 Å². The largest absolute Gasteiger partial charge is 0.393 e. The second-order valence-corrected chi connectivity index (χ2v) is 7.35. The minimum atomic E-state index is -0.0902.